The Morgan fingerprint density at radius 2 is 2.23 bits per heavy atom. The van der Waals surface area contributed by atoms with Crippen molar-refractivity contribution in [2.75, 3.05) is 6.54 Å². The summed E-state index contributed by atoms with van der Waals surface area (Å²) < 4.78 is 5.88. The largest absolute Gasteiger partial charge is 0.481 e. The lowest BCUT2D eigenvalue weighted by Gasteiger charge is -2.27. The SMILES string of the molecule is C[C@H](c1ccncc1)N1C[C@]23C=C[C@H](O2)[C@@H](C(=O)O)[C@@H]3C1=O. The zero-order valence-electron chi connectivity index (χ0n) is 12.0. The Bertz CT molecular complexity index is 674. The van der Waals surface area contributed by atoms with Crippen LogP contribution in [0.1, 0.15) is 18.5 Å². The molecule has 4 rings (SSSR count). The fourth-order valence-corrected chi connectivity index (χ4v) is 3.96. The molecule has 6 heteroatoms. The van der Waals surface area contributed by atoms with Crippen molar-refractivity contribution in [1.29, 1.82) is 0 Å². The molecule has 1 spiro atoms. The van der Waals surface area contributed by atoms with E-state index in [1.807, 2.05) is 25.1 Å². The van der Waals surface area contributed by atoms with Gasteiger partial charge in [-0.25, -0.2) is 0 Å². The van der Waals surface area contributed by atoms with Gasteiger partial charge in [-0.05, 0) is 24.6 Å². The first-order valence-corrected chi connectivity index (χ1v) is 7.34. The molecule has 2 bridgehead atoms. The van der Waals surface area contributed by atoms with Gasteiger partial charge in [0.15, 0.2) is 0 Å². The van der Waals surface area contributed by atoms with Crippen LogP contribution in [-0.4, -0.2) is 45.1 Å². The number of carbonyl (C=O) groups excluding carboxylic acids is 1. The third-order valence-electron chi connectivity index (χ3n) is 5.07. The van der Waals surface area contributed by atoms with Crippen LogP contribution < -0.4 is 0 Å². The lowest BCUT2D eigenvalue weighted by Crippen LogP contribution is -2.39. The van der Waals surface area contributed by atoms with Crippen molar-refractivity contribution in [3.8, 4) is 0 Å². The van der Waals surface area contributed by atoms with Gasteiger partial charge in [0.1, 0.15) is 11.5 Å². The van der Waals surface area contributed by atoms with Crippen molar-refractivity contribution in [1.82, 2.24) is 9.88 Å². The molecule has 1 aromatic heterocycles. The lowest BCUT2D eigenvalue weighted by molar-refractivity contribution is -0.148. The van der Waals surface area contributed by atoms with E-state index >= 15 is 0 Å². The average molecular weight is 300 g/mol. The van der Waals surface area contributed by atoms with Crippen LogP contribution in [0.5, 0.6) is 0 Å². The summed E-state index contributed by atoms with van der Waals surface area (Å²) in [7, 11) is 0. The summed E-state index contributed by atoms with van der Waals surface area (Å²) in [5.41, 5.74) is 0.205. The maximum Gasteiger partial charge on any atom is 0.310 e. The van der Waals surface area contributed by atoms with Crippen molar-refractivity contribution < 1.29 is 19.4 Å². The molecule has 0 saturated carbocycles. The van der Waals surface area contributed by atoms with Crippen LogP contribution in [0.3, 0.4) is 0 Å². The smallest absolute Gasteiger partial charge is 0.310 e. The Kier molecular flexibility index (Phi) is 2.69. The van der Waals surface area contributed by atoms with Gasteiger partial charge in [0.05, 0.1) is 24.6 Å². The van der Waals surface area contributed by atoms with Crippen LogP contribution in [0, 0.1) is 11.8 Å². The lowest BCUT2D eigenvalue weighted by atomic mass is 9.77. The predicted octanol–water partition coefficient (Wildman–Crippen LogP) is 1.01. The van der Waals surface area contributed by atoms with Crippen LogP contribution in [0.4, 0.5) is 0 Å². The molecule has 4 heterocycles. The van der Waals surface area contributed by atoms with E-state index in [0.29, 0.717) is 6.54 Å². The summed E-state index contributed by atoms with van der Waals surface area (Å²) in [6, 6.07) is 3.60. The molecule has 6 nitrogen and oxygen atoms in total. The molecule has 3 aliphatic rings. The van der Waals surface area contributed by atoms with Gasteiger partial charge in [0.25, 0.3) is 0 Å². The van der Waals surface area contributed by atoms with Gasteiger partial charge in [-0.15, -0.1) is 0 Å². The Balaban J connectivity index is 1.68. The summed E-state index contributed by atoms with van der Waals surface area (Å²) in [5, 5.41) is 9.45. The third-order valence-corrected chi connectivity index (χ3v) is 5.07. The van der Waals surface area contributed by atoms with Crippen LogP contribution in [0.2, 0.25) is 0 Å². The van der Waals surface area contributed by atoms with E-state index in [1.54, 1.807) is 23.4 Å². The summed E-state index contributed by atoms with van der Waals surface area (Å²) >= 11 is 0. The van der Waals surface area contributed by atoms with Crippen molar-refractivity contribution in [3.63, 3.8) is 0 Å². The maximum atomic E-state index is 12.8. The van der Waals surface area contributed by atoms with Crippen molar-refractivity contribution >= 4 is 11.9 Å². The first kappa shape index (κ1) is 13.5. The van der Waals surface area contributed by atoms with E-state index in [1.165, 1.54) is 0 Å². The van der Waals surface area contributed by atoms with E-state index in [0.717, 1.165) is 5.56 Å². The zero-order chi connectivity index (χ0) is 15.5. The molecular weight excluding hydrogens is 284 g/mol. The monoisotopic (exact) mass is 300 g/mol. The quantitative estimate of drug-likeness (QED) is 0.843. The van der Waals surface area contributed by atoms with Gasteiger partial charge in [0.2, 0.25) is 5.91 Å². The number of hydrogen-bond acceptors (Lipinski definition) is 4. The van der Waals surface area contributed by atoms with Crippen LogP contribution in [0.15, 0.2) is 36.7 Å². The number of pyridine rings is 1. The molecule has 0 aliphatic carbocycles. The molecule has 1 amide bonds. The number of fused-ring (bicyclic) bond motifs is 1. The molecule has 0 aromatic carbocycles. The van der Waals surface area contributed by atoms with Crippen LogP contribution in [0.25, 0.3) is 0 Å². The minimum Gasteiger partial charge on any atom is -0.481 e. The standard InChI is InChI=1S/C16H16N2O4/c1-9(10-3-6-17-7-4-10)18-8-16-5-2-11(22-16)12(15(20)21)13(16)14(18)19/h2-7,9,11-13H,8H2,1H3,(H,20,21)/t9-,11+,12-,13-,16+/m1/s1. The Morgan fingerprint density at radius 3 is 2.91 bits per heavy atom. The van der Waals surface area contributed by atoms with E-state index in [-0.39, 0.29) is 11.9 Å². The van der Waals surface area contributed by atoms with E-state index in [9.17, 15) is 14.7 Å². The number of aliphatic carboxylic acids is 1. The Morgan fingerprint density at radius 1 is 1.50 bits per heavy atom. The van der Waals surface area contributed by atoms with E-state index in [2.05, 4.69) is 4.98 Å². The Hall–Kier alpha value is -2.21. The number of amides is 1. The van der Waals surface area contributed by atoms with E-state index in [4.69, 9.17) is 4.74 Å². The number of rotatable bonds is 3. The molecule has 2 saturated heterocycles. The van der Waals surface area contributed by atoms with Crippen LogP contribution in [-0.2, 0) is 14.3 Å². The van der Waals surface area contributed by atoms with Gasteiger partial charge in [0, 0.05) is 12.4 Å². The molecular formula is C16H16N2O4. The summed E-state index contributed by atoms with van der Waals surface area (Å²) in [6.45, 7) is 2.34. The van der Waals surface area contributed by atoms with Gasteiger partial charge in [-0.1, -0.05) is 12.2 Å². The highest BCUT2D eigenvalue weighted by molar-refractivity contribution is 5.91. The molecule has 0 unspecified atom stereocenters. The second-order valence-electron chi connectivity index (χ2n) is 6.16. The summed E-state index contributed by atoms with van der Waals surface area (Å²) in [5.74, 6) is -2.51. The minimum absolute atomic E-state index is 0.136. The van der Waals surface area contributed by atoms with Crippen molar-refractivity contribution in [2.24, 2.45) is 11.8 Å². The fraction of sp³-hybridized carbons (Fsp3) is 0.438. The van der Waals surface area contributed by atoms with Crippen LogP contribution >= 0.6 is 0 Å². The van der Waals surface area contributed by atoms with Gasteiger partial charge in [-0.3, -0.25) is 14.6 Å². The van der Waals surface area contributed by atoms with Gasteiger partial charge < -0.3 is 14.7 Å². The molecule has 22 heavy (non-hydrogen) atoms. The summed E-state index contributed by atoms with van der Waals surface area (Å²) in [4.78, 5) is 30.1. The molecule has 1 N–H and O–H groups in total. The number of likely N-dealkylation sites (tertiary alicyclic amines) is 1. The molecule has 5 atom stereocenters. The second kappa shape index (κ2) is 4.39. The highest BCUT2D eigenvalue weighted by atomic mass is 16.5. The maximum absolute atomic E-state index is 12.8. The molecule has 114 valence electrons. The second-order valence-corrected chi connectivity index (χ2v) is 6.16. The normalized spacial score (nSPS) is 36.7. The third kappa shape index (κ3) is 1.61. The molecule has 2 fully saturated rings. The summed E-state index contributed by atoms with van der Waals surface area (Å²) in [6.07, 6.45) is 6.55. The highest BCUT2D eigenvalue weighted by Gasteiger charge is 2.67. The predicted molar refractivity (Wildman–Crippen MR) is 75.7 cm³/mol. The number of nitrogens with zero attached hydrogens (tertiary/aromatic N) is 2. The molecule has 3 aliphatic heterocycles. The fourth-order valence-electron chi connectivity index (χ4n) is 3.96. The molecule has 1 aromatic rings. The molecule has 0 radical (unpaired) electrons. The number of aromatic nitrogens is 1. The average Bonchev–Trinajstić information content (AvgIpc) is 3.15. The number of carboxylic acid groups (broad SMARTS) is 1. The zero-order valence-corrected chi connectivity index (χ0v) is 12.0. The minimum atomic E-state index is -0.965. The first-order chi connectivity index (χ1) is 10.5. The highest BCUT2D eigenvalue weighted by Crippen LogP contribution is 2.53. The van der Waals surface area contributed by atoms with Crippen molar-refractivity contribution in [2.45, 2.75) is 24.7 Å². The Labute approximate surface area is 127 Å². The number of carbonyl (C=O) groups is 2. The number of hydrogen-bond donors (Lipinski definition) is 1. The first-order valence-electron chi connectivity index (χ1n) is 7.34. The number of carboxylic acids is 1. The number of ether oxygens (including phenoxy) is 1. The van der Waals surface area contributed by atoms with E-state index < -0.39 is 29.5 Å². The van der Waals surface area contributed by atoms with Gasteiger partial charge in [-0.2, -0.15) is 0 Å². The topological polar surface area (TPSA) is 79.7 Å². The van der Waals surface area contributed by atoms with Crippen molar-refractivity contribution in [3.05, 3.63) is 42.2 Å². The van der Waals surface area contributed by atoms with Gasteiger partial charge >= 0.3 is 5.97 Å².